The summed E-state index contributed by atoms with van der Waals surface area (Å²) in [5, 5.41) is 0.660. The largest absolute Gasteiger partial charge is 0.457 e. The van der Waals surface area contributed by atoms with Crippen molar-refractivity contribution >= 4 is 17.6 Å². The lowest BCUT2D eigenvalue weighted by Crippen LogP contribution is -2.00. The molecule has 0 atom stereocenters. The molecular weight excluding hydrogens is 252 g/mol. The summed E-state index contributed by atoms with van der Waals surface area (Å²) in [4.78, 5) is 10.8. The summed E-state index contributed by atoms with van der Waals surface area (Å²) in [6.07, 6.45) is 0. The van der Waals surface area contributed by atoms with Gasteiger partial charge in [0, 0.05) is 11.9 Å². The lowest BCUT2D eigenvalue weighted by atomic mass is 10.3. The maximum atomic E-state index is 10.8. The average molecular weight is 263 g/mol. The summed E-state index contributed by atoms with van der Waals surface area (Å²) >= 11 is 5.78. The van der Waals surface area contributed by atoms with Crippen LogP contribution in [0.2, 0.25) is 5.02 Å². The van der Waals surface area contributed by atoms with E-state index in [-0.39, 0.29) is 5.97 Å². The van der Waals surface area contributed by atoms with Crippen LogP contribution in [0.15, 0.2) is 48.5 Å². The van der Waals surface area contributed by atoms with Gasteiger partial charge in [0.2, 0.25) is 0 Å². The molecule has 3 nitrogen and oxygen atoms in total. The van der Waals surface area contributed by atoms with Gasteiger partial charge in [-0.05, 0) is 48.5 Å². The van der Waals surface area contributed by atoms with Crippen molar-refractivity contribution in [3.8, 4) is 17.2 Å². The zero-order valence-corrected chi connectivity index (χ0v) is 10.5. The fraction of sp³-hybridized carbons (Fsp3) is 0.0714. The first-order valence-corrected chi connectivity index (χ1v) is 5.73. The molecule has 0 unspecified atom stereocenters. The predicted octanol–water partition coefficient (Wildman–Crippen LogP) is 4.06. The monoisotopic (exact) mass is 262 g/mol. The Morgan fingerprint density at radius 1 is 0.889 bits per heavy atom. The van der Waals surface area contributed by atoms with Gasteiger partial charge in [-0.2, -0.15) is 0 Å². The zero-order chi connectivity index (χ0) is 13.0. The quantitative estimate of drug-likeness (QED) is 0.618. The molecule has 0 heterocycles. The van der Waals surface area contributed by atoms with E-state index in [2.05, 4.69) is 0 Å². The van der Waals surface area contributed by atoms with E-state index in [0.717, 1.165) is 0 Å². The summed E-state index contributed by atoms with van der Waals surface area (Å²) in [5.41, 5.74) is 0. The number of hydrogen-bond acceptors (Lipinski definition) is 3. The van der Waals surface area contributed by atoms with E-state index >= 15 is 0 Å². The van der Waals surface area contributed by atoms with Gasteiger partial charge in [0.1, 0.15) is 17.2 Å². The number of ether oxygens (including phenoxy) is 2. The molecule has 0 aromatic heterocycles. The number of rotatable bonds is 3. The minimum Gasteiger partial charge on any atom is -0.457 e. The molecule has 0 bridgehead atoms. The van der Waals surface area contributed by atoms with Crippen LogP contribution in [-0.4, -0.2) is 5.97 Å². The van der Waals surface area contributed by atoms with Gasteiger partial charge in [-0.15, -0.1) is 0 Å². The fourth-order valence-corrected chi connectivity index (χ4v) is 1.51. The van der Waals surface area contributed by atoms with Crippen molar-refractivity contribution in [2.75, 3.05) is 0 Å². The summed E-state index contributed by atoms with van der Waals surface area (Å²) < 4.78 is 10.5. The van der Waals surface area contributed by atoms with Crippen LogP contribution in [0.1, 0.15) is 6.92 Å². The Kier molecular flexibility index (Phi) is 3.85. The van der Waals surface area contributed by atoms with Crippen LogP contribution in [0.3, 0.4) is 0 Å². The van der Waals surface area contributed by atoms with Crippen LogP contribution in [0.25, 0.3) is 0 Å². The van der Waals surface area contributed by atoms with Gasteiger partial charge in [-0.3, -0.25) is 4.79 Å². The average Bonchev–Trinajstić information content (AvgIpc) is 2.34. The SMILES string of the molecule is CC(=O)Oc1ccc(Oc2ccc(Cl)cc2)cc1. The Morgan fingerprint density at radius 3 is 1.83 bits per heavy atom. The highest BCUT2D eigenvalue weighted by Gasteiger charge is 2.00. The number of hydrogen-bond donors (Lipinski definition) is 0. The third-order valence-electron chi connectivity index (χ3n) is 2.13. The predicted molar refractivity (Wildman–Crippen MR) is 69.3 cm³/mol. The van der Waals surface area contributed by atoms with Crippen molar-refractivity contribution in [2.24, 2.45) is 0 Å². The molecule has 0 amide bonds. The van der Waals surface area contributed by atoms with Gasteiger partial charge in [0.05, 0.1) is 0 Å². The first-order valence-electron chi connectivity index (χ1n) is 5.35. The number of benzene rings is 2. The molecule has 0 fully saturated rings. The van der Waals surface area contributed by atoms with E-state index in [0.29, 0.717) is 22.3 Å². The van der Waals surface area contributed by atoms with Gasteiger partial charge in [-0.1, -0.05) is 11.6 Å². The van der Waals surface area contributed by atoms with Crippen molar-refractivity contribution in [2.45, 2.75) is 6.92 Å². The second-order valence-corrected chi connectivity index (χ2v) is 4.06. The normalized spacial score (nSPS) is 9.89. The molecule has 0 aliphatic heterocycles. The zero-order valence-electron chi connectivity index (χ0n) is 9.72. The molecule has 0 radical (unpaired) electrons. The van der Waals surface area contributed by atoms with Crippen LogP contribution in [0, 0.1) is 0 Å². The van der Waals surface area contributed by atoms with Crippen LogP contribution in [0.4, 0.5) is 0 Å². The summed E-state index contributed by atoms with van der Waals surface area (Å²) in [5.74, 6) is 1.50. The molecule has 2 aromatic carbocycles. The molecule has 2 rings (SSSR count). The third-order valence-corrected chi connectivity index (χ3v) is 2.39. The Bertz CT molecular complexity index is 532. The fourth-order valence-electron chi connectivity index (χ4n) is 1.38. The Balaban J connectivity index is 2.06. The van der Waals surface area contributed by atoms with Crippen LogP contribution >= 0.6 is 11.6 Å². The lowest BCUT2D eigenvalue weighted by Gasteiger charge is -2.06. The van der Waals surface area contributed by atoms with Crippen molar-refractivity contribution in [3.05, 3.63) is 53.6 Å². The van der Waals surface area contributed by atoms with Gasteiger partial charge in [0.25, 0.3) is 0 Å². The lowest BCUT2D eigenvalue weighted by molar-refractivity contribution is -0.131. The molecule has 92 valence electrons. The van der Waals surface area contributed by atoms with Gasteiger partial charge in [-0.25, -0.2) is 0 Å². The van der Waals surface area contributed by atoms with E-state index in [4.69, 9.17) is 21.1 Å². The van der Waals surface area contributed by atoms with Crippen LogP contribution in [-0.2, 0) is 4.79 Å². The third kappa shape index (κ3) is 3.50. The van der Waals surface area contributed by atoms with Crippen molar-refractivity contribution in [1.82, 2.24) is 0 Å². The summed E-state index contributed by atoms with van der Waals surface area (Å²) in [6.45, 7) is 1.36. The molecule has 0 saturated carbocycles. The number of esters is 1. The Hall–Kier alpha value is -2.00. The maximum Gasteiger partial charge on any atom is 0.308 e. The first kappa shape index (κ1) is 12.5. The van der Waals surface area contributed by atoms with Crippen LogP contribution < -0.4 is 9.47 Å². The van der Waals surface area contributed by atoms with E-state index in [1.54, 1.807) is 48.5 Å². The second-order valence-electron chi connectivity index (χ2n) is 3.62. The standard InChI is InChI=1S/C14H11ClO3/c1-10(16)17-12-6-8-14(9-7-12)18-13-4-2-11(15)3-5-13/h2-9H,1H3. The molecular formula is C14H11ClO3. The van der Waals surface area contributed by atoms with Crippen molar-refractivity contribution in [1.29, 1.82) is 0 Å². The molecule has 0 saturated heterocycles. The minimum absolute atomic E-state index is 0.346. The molecule has 0 spiro atoms. The topological polar surface area (TPSA) is 35.5 Å². The second kappa shape index (κ2) is 5.56. The Labute approximate surface area is 110 Å². The maximum absolute atomic E-state index is 10.8. The summed E-state index contributed by atoms with van der Waals surface area (Å²) in [7, 11) is 0. The van der Waals surface area contributed by atoms with E-state index in [1.165, 1.54) is 6.92 Å². The smallest absolute Gasteiger partial charge is 0.308 e. The number of halogens is 1. The van der Waals surface area contributed by atoms with E-state index < -0.39 is 0 Å². The van der Waals surface area contributed by atoms with Crippen molar-refractivity contribution in [3.63, 3.8) is 0 Å². The highest BCUT2D eigenvalue weighted by Crippen LogP contribution is 2.24. The molecule has 0 N–H and O–H groups in total. The highest BCUT2D eigenvalue weighted by atomic mass is 35.5. The summed E-state index contributed by atoms with van der Waals surface area (Å²) in [6, 6.07) is 13.9. The molecule has 2 aromatic rings. The van der Waals surface area contributed by atoms with E-state index in [9.17, 15) is 4.79 Å². The number of carbonyl (C=O) groups is 1. The minimum atomic E-state index is -0.346. The van der Waals surface area contributed by atoms with Gasteiger partial charge < -0.3 is 9.47 Å². The van der Waals surface area contributed by atoms with Crippen LogP contribution in [0.5, 0.6) is 17.2 Å². The van der Waals surface area contributed by atoms with Gasteiger partial charge >= 0.3 is 5.97 Å². The Morgan fingerprint density at radius 2 is 1.33 bits per heavy atom. The highest BCUT2D eigenvalue weighted by molar-refractivity contribution is 6.30. The molecule has 0 aliphatic rings. The van der Waals surface area contributed by atoms with E-state index in [1.807, 2.05) is 0 Å². The van der Waals surface area contributed by atoms with Gasteiger partial charge in [0.15, 0.2) is 0 Å². The molecule has 0 aliphatic carbocycles. The first-order chi connectivity index (χ1) is 8.63. The number of carbonyl (C=O) groups excluding carboxylic acids is 1. The molecule has 18 heavy (non-hydrogen) atoms. The molecule has 4 heteroatoms. The van der Waals surface area contributed by atoms with Crippen molar-refractivity contribution < 1.29 is 14.3 Å².